The Morgan fingerprint density at radius 2 is 1.86 bits per heavy atom. The fourth-order valence-corrected chi connectivity index (χ4v) is 4.14. The molecule has 2 aromatic heterocycles. The van der Waals surface area contributed by atoms with Crippen LogP contribution in [0.2, 0.25) is 0 Å². The van der Waals surface area contributed by atoms with Gasteiger partial charge in [-0.15, -0.1) is 0 Å². The van der Waals surface area contributed by atoms with Gasteiger partial charge in [0.1, 0.15) is 11.5 Å². The number of nitrogens with zero attached hydrogens (tertiary/aromatic N) is 3. The van der Waals surface area contributed by atoms with Crippen molar-refractivity contribution in [3.8, 4) is 11.1 Å². The molecular weight excluding hydrogens is 479 g/mol. The predicted molar refractivity (Wildman–Crippen MR) is 133 cm³/mol. The summed E-state index contributed by atoms with van der Waals surface area (Å²) >= 11 is 0. The molecule has 3 N–H and O–H groups in total. The third kappa shape index (κ3) is 7.08. The summed E-state index contributed by atoms with van der Waals surface area (Å²) in [4.78, 5) is 32.5. The lowest BCUT2D eigenvalue weighted by Gasteiger charge is -2.14. The smallest absolute Gasteiger partial charge is 0.268 e. The van der Waals surface area contributed by atoms with Crippen molar-refractivity contribution in [2.45, 2.75) is 58.9 Å². The van der Waals surface area contributed by atoms with E-state index in [0.717, 1.165) is 5.69 Å². The quantitative estimate of drug-likeness (QED) is 0.359. The van der Waals surface area contributed by atoms with Gasteiger partial charge in [0, 0.05) is 42.8 Å². The Kier molecular flexibility index (Phi) is 9.26. The first-order chi connectivity index (χ1) is 17.6. The van der Waals surface area contributed by atoms with Crippen LogP contribution in [-0.2, 0) is 17.9 Å². The minimum absolute atomic E-state index is 0.173. The topological polar surface area (TPSA) is 140 Å². The summed E-state index contributed by atoms with van der Waals surface area (Å²) in [5, 5.41) is 33.7. The van der Waals surface area contributed by atoms with Crippen LogP contribution in [0.1, 0.15) is 52.9 Å². The van der Waals surface area contributed by atoms with E-state index in [0.29, 0.717) is 40.3 Å². The van der Waals surface area contributed by atoms with Crippen molar-refractivity contribution in [3.05, 3.63) is 76.9 Å². The molecule has 0 aliphatic heterocycles. The monoisotopic (exact) mass is 509 g/mol. The number of amides is 1. The van der Waals surface area contributed by atoms with Crippen LogP contribution in [0.15, 0.2) is 42.7 Å². The second-order valence-electron chi connectivity index (χ2n) is 8.71. The van der Waals surface area contributed by atoms with E-state index >= 15 is 0 Å². The number of benzene rings is 1. The number of halogens is 1. The molecule has 0 bridgehead atoms. The molecule has 0 saturated heterocycles. The molecule has 3 rings (SSSR count). The van der Waals surface area contributed by atoms with Gasteiger partial charge in [0.05, 0.1) is 36.3 Å². The molecule has 3 aromatic rings. The molecule has 0 radical (unpaired) electrons. The van der Waals surface area contributed by atoms with Crippen LogP contribution in [0, 0.1) is 19.7 Å². The zero-order valence-electron chi connectivity index (χ0n) is 20.9. The van der Waals surface area contributed by atoms with Crippen molar-refractivity contribution in [1.82, 2.24) is 19.9 Å². The van der Waals surface area contributed by atoms with Crippen LogP contribution in [0.4, 0.5) is 4.39 Å². The molecule has 196 valence electrons. The van der Waals surface area contributed by atoms with E-state index in [1.807, 2.05) is 13.8 Å². The van der Waals surface area contributed by atoms with Crippen molar-refractivity contribution >= 4 is 18.0 Å². The zero-order chi connectivity index (χ0) is 27.1. The van der Waals surface area contributed by atoms with Crippen LogP contribution in [-0.4, -0.2) is 48.8 Å². The Morgan fingerprint density at radius 1 is 1.16 bits per heavy atom. The molecule has 1 aromatic carbocycles. The van der Waals surface area contributed by atoms with Gasteiger partial charge < -0.3 is 30.0 Å². The largest absolute Gasteiger partial charge is 0.550 e. The van der Waals surface area contributed by atoms with E-state index in [9.17, 15) is 29.3 Å². The standard InChI is InChI=1S/C27H31FN4O5/c1-4-32-23(10-9-21(33)11-22(34)12-24(35)36)25(18-5-7-19(28)8-6-18)17(3)26(32)27(37)31-15-20-14-29-16(2)13-30-20/h5-10,13-14,21-22,33-34H,4,11-12,15H2,1-3H3,(H,31,37)(H,35,36)/p-1/b10-9+/t21-,22-/m1/s1. The fourth-order valence-electron chi connectivity index (χ4n) is 4.14. The maximum atomic E-state index is 13.6. The van der Waals surface area contributed by atoms with Crippen molar-refractivity contribution in [1.29, 1.82) is 0 Å². The van der Waals surface area contributed by atoms with Gasteiger partial charge in [0.25, 0.3) is 5.91 Å². The number of carboxylic acid groups (broad SMARTS) is 1. The van der Waals surface area contributed by atoms with E-state index in [4.69, 9.17) is 0 Å². The molecule has 2 heterocycles. The number of hydrogen-bond donors (Lipinski definition) is 3. The number of carboxylic acids is 1. The number of aromatic nitrogens is 3. The van der Waals surface area contributed by atoms with E-state index < -0.39 is 30.4 Å². The van der Waals surface area contributed by atoms with E-state index in [1.165, 1.54) is 18.2 Å². The Morgan fingerprint density at radius 3 is 2.46 bits per heavy atom. The molecule has 0 fully saturated rings. The normalized spacial score (nSPS) is 13.0. The summed E-state index contributed by atoms with van der Waals surface area (Å²) in [6, 6.07) is 5.87. The van der Waals surface area contributed by atoms with Gasteiger partial charge in [0.2, 0.25) is 0 Å². The molecule has 0 spiro atoms. The SMILES string of the molecule is CCn1c(/C=C/[C@@H](O)C[C@@H](O)CC(=O)[O-])c(-c2ccc(F)cc2)c(C)c1C(=O)NCc1cnc(C)cn1. The van der Waals surface area contributed by atoms with Gasteiger partial charge in [-0.3, -0.25) is 14.8 Å². The van der Waals surface area contributed by atoms with Gasteiger partial charge in [-0.25, -0.2) is 4.39 Å². The molecule has 0 unspecified atom stereocenters. The van der Waals surface area contributed by atoms with Crippen LogP contribution < -0.4 is 10.4 Å². The molecule has 1 amide bonds. The summed E-state index contributed by atoms with van der Waals surface area (Å²) in [6.07, 6.45) is 3.05. The maximum Gasteiger partial charge on any atom is 0.268 e. The van der Waals surface area contributed by atoms with Crippen LogP contribution in [0.25, 0.3) is 17.2 Å². The van der Waals surface area contributed by atoms with Gasteiger partial charge in [-0.2, -0.15) is 0 Å². The molecule has 0 aliphatic rings. The van der Waals surface area contributed by atoms with Crippen LogP contribution >= 0.6 is 0 Å². The summed E-state index contributed by atoms with van der Waals surface area (Å²) in [6.45, 7) is 6.07. The van der Waals surface area contributed by atoms with Gasteiger partial charge in [-0.1, -0.05) is 18.2 Å². The number of aryl methyl sites for hydroxylation is 1. The number of nitrogens with one attached hydrogen (secondary N) is 1. The van der Waals surface area contributed by atoms with E-state index in [-0.39, 0.29) is 18.9 Å². The molecule has 2 atom stereocenters. The number of hydrogen-bond acceptors (Lipinski definition) is 7. The molecular formula is C27H30FN4O5-. The number of aliphatic hydroxyl groups excluding tert-OH is 2. The van der Waals surface area contributed by atoms with E-state index in [1.54, 1.807) is 42.1 Å². The second kappa shape index (κ2) is 12.4. The molecule has 0 saturated carbocycles. The molecule has 0 aliphatic carbocycles. The average molecular weight is 510 g/mol. The Balaban J connectivity index is 1.98. The first-order valence-corrected chi connectivity index (χ1v) is 11.9. The highest BCUT2D eigenvalue weighted by Gasteiger charge is 2.24. The van der Waals surface area contributed by atoms with Crippen molar-refractivity contribution < 1.29 is 29.3 Å². The van der Waals surface area contributed by atoms with Crippen molar-refractivity contribution in [3.63, 3.8) is 0 Å². The summed E-state index contributed by atoms with van der Waals surface area (Å²) in [5.41, 5.74) is 4.38. The number of carbonyl (C=O) groups excluding carboxylic acids is 2. The highest BCUT2D eigenvalue weighted by Crippen LogP contribution is 2.34. The first kappa shape index (κ1) is 27.7. The Labute approximate surface area is 214 Å². The average Bonchev–Trinajstić information content (AvgIpc) is 3.13. The lowest BCUT2D eigenvalue weighted by Crippen LogP contribution is -2.29. The lowest BCUT2D eigenvalue weighted by molar-refractivity contribution is -0.307. The van der Waals surface area contributed by atoms with Crippen LogP contribution in [0.5, 0.6) is 0 Å². The van der Waals surface area contributed by atoms with E-state index in [2.05, 4.69) is 15.3 Å². The Bertz CT molecular complexity index is 1270. The molecule has 10 heteroatoms. The summed E-state index contributed by atoms with van der Waals surface area (Å²) in [7, 11) is 0. The van der Waals surface area contributed by atoms with Gasteiger partial charge in [-0.05, 0) is 50.1 Å². The van der Waals surface area contributed by atoms with Gasteiger partial charge >= 0.3 is 0 Å². The number of carbonyl (C=O) groups is 2. The predicted octanol–water partition coefficient (Wildman–Crippen LogP) is 1.92. The van der Waals surface area contributed by atoms with Gasteiger partial charge in [0.15, 0.2) is 0 Å². The lowest BCUT2D eigenvalue weighted by atomic mass is 10.00. The number of aliphatic carboxylic acids is 1. The second-order valence-corrected chi connectivity index (χ2v) is 8.71. The molecule has 37 heavy (non-hydrogen) atoms. The van der Waals surface area contributed by atoms with Crippen LogP contribution in [0.3, 0.4) is 0 Å². The summed E-state index contributed by atoms with van der Waals surface area (Å²) in [5.74, 6) is -2.15. The highest BCUT2D eigenvalue weighted by molar-refractivity contribution is 5.98. The Hall–Kier alpha value is -3.89. The minimum Gasteiger partial charge on any atom is -0.550 e. The fraction of sp³-hybridized carbons (Fsp3) is 0.333. The third-order valence-electron chi connectivity index (χ3n) is 5.87. The third-order valence-corrected chi connectivity index (χ3v) is 5.87. The highest BCUT2D eigenvalue weighted by atomic mass is 19.1. The summed E-state index contributed by atoms with van der Waals surface area (Å²) < 4.78 is 15.4. The number of aliphatic hydroxyl groups is 2. The first-order valence-electron chi connectivity index (χ1n) is 11.9. The minimum atomic E-state index is -1.41. The molecule has 9 nitrogen and oxygen atoms in total. The maximum absolute atomic E-state index is 13.6. The number of rotatable bonds is 11. The van der Waals surface area contributed by atoms with Crippen molar-refractivity contribution in [2.75, 3.05) is 0 Å². The zero-order valence-corrected chi connectivity index (χ0v) is 20.9. The van der Waals surface area contributed by atoms with Crippen molar-refractivity contribution in [2.24, 2.45) is 0 Å².